The number of aromatic nitrogens is 1. The second-order valence-electron chi connectivity index (χ2n) is 7.13. The molecule has 0 bridgehead atoms. The van der Waals surface area contributed by atoms with Crippen LogP contribution in [0.15, 0.2) is 29.1 Å². The third-order valence-electron chi connectivity index (χ3n) is 5.30. The molecule has 0 spiro atoms. The molecule has 1 saturated heterocycles. The number of nitrogens with one attached hydrogen (secondary N) is 1. The number of rotatable bonds is 3. The molecule has 1 aromatic heterocycles. The molecule has 148 valence electrons. The highest BCUT2D eigenvalue weighted by atomic mass is 19.1. The third kappa shape index (κ3) is 3.65. The van der Waals surface area contributed by atoms with Crippen molar-refractivity contribution in [3.05, 3.63) is 62.8 Å². The van der Waals surface area contributed by atoms with E-state index in [1.54, 1.807) is 17.0 Å². The maximum Gasteiger partial charge on any atom is 0.291 e. The van der Waals surface area contributed by atoms with Crippen molar-refractivity contribution in [2.24, 2.45) is 0 Å². The topological polar surface area (TPSA) is 85.9 Å². The molecule has 0 atom stereocenters. The number of morpholine rings is 1. The van der Waals surface area contributed by atoms with Crippen molar-refractivity contribution in [2.45, 2.75) is 19.5 Å². The molecule has 0 aliphatic carbocycles. The first-order valence-electron chi connectivity index (χ1n) is 9.33. The van der Waals surface area contributed by atoms with Gasteiger partial charge < -0.3 is 19.7 Å². The molecular weight excluding hydrogens is 365 g/mol. The summed E-state index contributed by atoms with van der Waals surface area (Å²) in [5, 5.41) is 10.3. The van der Waals surface area contributed by atoms with Gasteiger partial charge in [0, 0.05) is 38.3 Å². The molecule has 1 aromatic carbocycles. The van der Waals surface area contributed by atoms with Crippen LogP contribution in [-0.4, -0.2) is 58.6 Å². The van der Waals surface area contributed by atoms with Crippen LogP contribution in [0.4, 0.5) is 4.39 Å². The minimum Gasteiger partial charge on any atom is -0.503 e. The zero-order valence-corrected chi connectivity index (χ0v) is 15.4. The van der Waals surface area contributed by atoms with Crippen molar-refractivity contribution < 1.29 is 19.0 Å². The lowest BCUT2D eigenvalue weighted by molar-refractivity contribution is 0.0297. The first-order chi connectivity index (χ1) is 13.5. The van der Waals surface area contributed by atoms with Crippen LogP contribution < -0.4 is 5.56 Å². The quantitative estimate of drug-likeness (QED) is 0.828. The van der Waals surface area contributed by atoms with E-state index in [9.17, 15) is 19.1 Å². The van der Waals surface area contributed by atoms with Crippen LogP contribution in [0.5, 0.6) is 5.75 Å². The number of carbonyl (C=O) groups is 1. The summed E-state index contributed by atoms with van der Waals surface area (Å²) in [4.78, 5) is 31.5. The van der Waals surface area contributed by atoms with Crippen LogP contribution in [-0.2, 0) is 24.2 Å². The molecule has 1 amide bonds. The first-order valence-corrected chi connectivity index (χ1v) is 9.33. The van der Waals surface area contributed by atoms with E-state index >= 15 is 0 Å². The largest absolute Gasteiger partial charge is 0.503 e. The van der Waals surface area contributed by atoms with Crippen molar-refractivity contribution in [2.75, 3.05) is 32.8 Å². The standard InChI is InChI=1S/C20H22FN3O4/c21-14-3-1-13(2-4-14)11-23-6-5-15-16(12-23)18(25)19(26)22-17(15)20(27)24-7-9-28-10-8-24/h1-4,25H,5-12H2,(H,22,26). The minimum absolute atomic E-state index is 0.233. The third-order valence-corrected chi connectivity index (χ3v) is 5.30. The van der Waals surface area contributed by atoms with Gasteiger partial charge in [-0.2, -0.15) is 0 Å². The number of H-pyrrole nitrogens is 1. The predicted octanol–water partition coefficient (Wildman–Crippen LogP) is 1.25. The smallest absolute Gasteiger partial charge is 0.291 e. The number of ether oxygens (including phenoxy) is 1. The summed E-state index contributed by atoms with van der Waals surface area (Å²) < 4.78 is 18.4. The van der Waals surface area contributed by atoms with Crippen molar-refractivity contribution in [3.8, 4) is 5.75 Å². The number of halogens is 1. The molecule has 0 radical (unpaired) electrons. The summed E-state index contributed by atoms with van der Waals surface area (Å²) in [5.41, 5.74) is 1.75. The lowest BCUT2D eigenvalue weighted by Crippen LogP contribution is -2.43. The number of hydrogen-bond donors (Lipinski definition) is 2. The molecule has 0 unspecified atom stereocenters. The Morgan fingerprint density at radius 3 is 2.57 bits per heavy atom. The molecule has 1 fully saturated rings. The Morgan fingerprint density at radius 1 is 1.14 bits per heavy atom. The Balaban J connectivity index is 1.60. The van der Waals surface area contributed by atoms with Gasteiger partial charge in [0.05, 0.1) is 13.2 Å². The van der Waals surface area contributed by atoms with Gasteiger partial charge in [-0.05, 0) is 29.7 Å². The van der Waals surface area contributed by atoms with Crippen molar-refractivity contribution in [3.63, 3.8) is 0 Å². The van der Waals surface area contributed by atoms with Gasteiger partial charge >= 0.3 is 0 Å². The zero-order chi connectivity index (χ0) is 19.7. The minimum atomic E-state index is -0.654. The van der Waals surface area contributed by atoms with E-state index in [-0.39, 0.29) is 23.2 Å². The average molecular weight is 387 g/mol. The number of carbonyl (C=O) groups excluding carboxylic acids is 1. The van der Waals surface area contributed by atoms with E-state index in [0.717, 1.165) is 5.56 Å². The van der Waals surface area contributed by atoms with E-state index in [1.807, 2.05) is 0 Å². The molecule has 4 rings (SSSR count). The highest BCUT2D eigenvalue weighted by molar-refractivity contribution is 5.94. The van der Waals surface area contributed by atoms with Crippen LogP contribution in [0.1, 0.15) is 27.2 Å². The second-order valence-corrected chi connectivity index (χ2v) is 7.13. The molecular formula is C20H22FN3O4. The van der Waals surface area contributed by atoms with Gasteiger partial charge in [0.1, 0.15) is 11.5 Å². The van der Waals surface area contributed by atoms with E-state index < -0.39 is 5.56 Å². The molecule has 2 aliphatic rings. The molecule has 8 heteroatoms. The van der Waals surface area contributed by atoms with Gasteiger partial charge in [0.25, 0.3) is 11.5 Å². The van der Waals surface area contributed by atoms with Crippen LogP contribution in [0, 0.1) is 5.82 Å². The number of amides is 1. The number of aromatic amines is 1. The highest BCUT2D eigenvalue weighted by Crippen LogP contribution is 2.28. The van der Waals surface area contributed by atoms with Crippen molar-refractivity contribution in [1.29, 1.82) is 0 Å². The summed E-state index contributed by atoms with van der Waals surface area (Å²) in [5.74, 6) is -0.857. The molecule has 7 nitrogen and oxygen atoms in total. The summed E-state index contributed by atoms with van der Waals surface area (Å²) in [6, 6.07) is 6.26. The Labute approximate surface area is 161 Å². The highest BCUT2D eigenvalue weighted by Gasteiger charge is 2.29. The Hall–Kier alpha value is -2.71. The first kappa shape index (κ1) is 18.6. The predicted molar refractivity (Wildman–Crippen MR) is 99.7 cm³/mol. The van der Waals surface area contributed by atoms with E-state index in [4.69, 9.17) is 4.74 Å². The maximum atomic E-state index is 13.1. The molecule has 28 heavy (non-hydrogen) atoms. The van der Waals surface area contributed by atoms with Gasteiger partial charge in [-0.15, -0.1) is 0 Å². The Morgan fingerprint density at radius 2 is 1.86 bits per heavy atom. The SMILES string of the molecule is O=C(c1[nH]c(=O)c(O)c2c1CCN(Cc1ccc(F)cc1)C2)N1CCOCC1. The lowest BCUT2D eigenvalue weighted by Gasteiger charge is -2.32. The Kier molecular flexibility index (Phi) is 5.15. The number of hydrogen-bond acceptors (Lipinski definition) is 5. The summed E-state index contributed by atoms with van der Waals surface area (Å²) in [7, 11) is 0. The summed E-state index contributed by atoms with van der Waals surface area (Å²) in [6.07, 6.45) is 0.534. The van der Waals surface area contributed by atoms with Gasteiger partial charge in [-0.3, -0.25) is 14.5 Å². The fourth-order valence-electron chi connectivity index (χ4n) is 3.79. The zero-order valence-electron chi connectivity index (χ0n) is 15.4. The van der Waals surface area contributed by atoms with E-state index in [0.29, 0.717) is 63.5 Å². The molecule has 2 aromatic rings. The number of benzene rings is 1. The van der Waals surface area contributed by atoms with Gasteiger partial charge in [-0.1, -0.05) is 12.1 Å². The van der Waals surface area contributed by atoms with E-state index in [2.05, 4.69) is 9.88 Å². The van der Waals surface area contributed by atoms with E-state index in [1.165, 1.54) is 12.1 Å². The summed E-state index contributed by atoms with van der Waals surface area (Å²) >= 11 is 0. The fraction of sp³-hybridized carbons (Fsp3) is 0.400. The molecule has 2 aliphatic heterocycles. The number of nitrogens with zero attached hydrogens (tertiary/aromatic N) is 2. The average Bonchev–Trinajstić information content (AvgIpc) is 2.72. The number of pyridine rings is 1. The monoisotopic (exact) mass is 387 g/mol. The van der Waals surface area contributed by atoms with Gasteiger partial charge in [0.15, 0.2) is 5.75 Å². The van der Waals surface area contributed by atoms with Crippen LogP contribution in [0.25, 0.3) is 0 Å². The summed E-state index contributed by atoms with van der Waals surface area (Å²) in [6.45, 7) is 3.49. The van der Waals surface area contributed by atoms with Crippen molar-refractivity contribution >= 4 is 5.91 Å². The maximum absolute atomic E-state index is 13.1. The molecule has 3 heterocycles. The van der Waals surface area contributed by atoms with Crippen molar-refractivity contribution in [1.82, 2.24) is 14.8 Å². The molecule has 2 N–H and O–H groups in total. The lowest BCUT2D eigenvalue weighted by atomic mass is 9.96. The van der Waals surface area contributed by atoms with Gasteiger partial charge in [-0.25, -0.2) is 4.39 Å². The van der Waals surface area contributed by atoms with Crippen LogP contribution in [0.3, 0.4) is 0 Å². The fourth-order valence-corrected chi connectivity index (χ4v) is 3.79. The number of aromatic hydroxyl groups is 1. The normalized spacial score (nSPS) is 17.4. The van der Waals surface area contributed by atoms with Crippen LogP contribution >= 0.6 is 0 Å². The second kappa shape index (κ2) is 7.73. The molecule has 0 saturated carbocycles. The van der Waals surface area contributed by atoms with Crippen LogP contribution in [0.2, 0.25) is 0 Å². The Bertz CT molecular complexity index is 936. The number of fused-ring (bicyclic) bond motifs is 1. The van der Waals surface area contributed by atoms with Gasteiger partial charge in [0.2, 0.25) is 0 Å².